The zero-order chi connectivity index (χ0) is 27.0. The predicted octanol–water partition coefficient (Wildman–Crippen LogP) is 6.57. The first-order chi connectivity index (χ1) is 17.3. The fourth-order valence-corrected chi connectivity index (χ4v) is 5.55. The molecule has 0 bridgehead atoms. The molecule has 3 aromatic rings. The first-order valence-corrected chi connectivity index (χ1v) is 17.1. The van der Waals surface area contributed by atoms with E-state index < -0.39 is 19.5 Å². The van der Waals surface area contributed by atoms with E-state index in [1.54, 1.807) is 11.0 Å². The molecule has 1 amide bonds. The average molecular weight is 641 g/mol. The quantitative estimate of drug-likeness (QED) is 0.165. The van der Waals surface area contributed by atoms with Crippen molar-refractivity contribution in [2.45, 2.75) is 71.8 Å². The first kappa shape index (κ1) is 27.8. The summed E-state index contributed by atoms with van der Waals surface area (Å²) in [7, 11) is -1.18. The molecule has 11 heteroatoms. The lowest BCUT2D eigenvalue weighted by atomic mass is 9.99. The number of halogens is 2. The Hall–Kier alpha value is -2.25. The summed E-state index contributed by atoms with van der Waals surface area (Å²) in [5, 5.41) is 0.699. The number of fused-ring (bicyclic) bond motifs is 2. The summed E-state index contributed by atoms with van der Waals surface area (Å²) in [5.41, 5.74) is 1.76. The smallest absolute Gasteiger partial charge is 0.410 e. The third-order valence-electron chi connectivity index (χ3n) is 5.92. The molecule has 0 unspecified atom stereocenters. The van der Waals surface area contributed by atoms with Crippen molar-refractivity contribution in [3.63, 3.8) is 0 Å². The molecular formula is C26H34FIN4O4Si. The van der Waals surface area contributed by atoms with Crippen LogP contribution < -0.4 is 4.74 Å². The van der Waals surface area contributed by atoms with Crippen LogP contribution >= 0.6 is 22.6 Å². The van der Waals surface area contributed by atoms with E-state index in [-0.39, 0.29) is 17.7 Å². The SMILES string of the molecule is CC(C)(C)OC(=O)N1CCc2cc(F)c(Oc3ncnc4c3c(I)cn4COCC[Si](C)(C)C)cc2C1. The molecule has 37 heavy (non-hydrogen) atoms. The summed E-state index contributed by atoms with van der Waals surface area (Å²) in [4.78, 5) is 22.9. The van der Waals surface area contributed by atoms with Crippen molar-refractivity contribution in [2.24, 2.45) is 0 Å². The summed E-state index contributed by atoms with van der Waals surface area (Å²) >= 11 is 2.20. The van der Waals surface area contributed by atoms with E-state index in [0.717, 1.165) is 20.7 Å². The van der Waals surface area contributed by atoms with Gasteiger partial charge in [-0.15, -0.1) is 0 Å². The number of carbonyl (C=O) groups excluding carboxylic acids is 1. The van der Waals surface area contributed by atoms with E-state index in [9.17, 15) is 4.79 Å². The number of amides is 1. The Morgan fingerprint density at radius 3 is 2.65 bits per heavy atom. The van der Waals surface area contributed by atoms with Crippen LogP contribution in [0.25, 0.3) is 11.0 Å². The Labute approximate surface area is 231 Å². The Bertz CT molecular complexity index is 1300. The number of benzene rings is 1. The number of ether oxygens (including phenoxy) is 3. The van der Waals surface area contributed by atoms with Crippen molar-refractivity contribution in [3.8, 4) is 11.6 Å². The number of nitrogens with zero attached hydrogens (tertiary/aromatic N) is 4. The van der Waals surface area contributed by atoms with Crippen LogP contribution in [-0.2, 0) is 29.2 Å². The Morgan fingerprint density at radius 1 is 1.19 bits per heavy atom. The fourth-order valence-electron chi connectivity index (χ4n) is 3.99. The van der Waals surface area contributed by atoms with E-state index in [0.29, 0.717) is 43.9 Å². The number of carbonyl (C=O) groups is 1. The fraction of sp³-hybridized carbons (Fsp3) is 0.500. The second-order valence-corrected chi connectivity index (χ2v) is 18.3. The van der Waals surface area contributed by atoms with E-state index in [4.69, 9.17) is 14.2 Å². The van der Waals surface area contributed by atoms with E-state index in [1.807, 2.05) is 31.5 Å². The van der Waals surface area contributed by atoms with Crippen LogP contribution in [0.3, 0.4) is 0 Å². The monoisotopic (exact) mass is 640 g/mol. The van der Waals surface area contributed by atoms with Crippen molar-refractivity contribution >= 4 is 47.8 Å². The highest BCUT2D eigenvalue weighted by atomic mass is 127. The van der Waals surface area contributed by atoms with Gasteiger partial charge in [0.15, 0.2) is 11.6 Å². The molecule has 2 aromatic heterocycles. The van der Waals surface area contributed by atoms with Gasteiger partial charge in [0.25, 0.3) is 0 Å². The molecule has 0 aliphatic carbocycles. The van der Waals surface area contributed by atoms with Gasteiger partial charge in [0.05, 0.1) is 5.39 Å². The molecule has 8 nitrogen and oxygen atoms in total. The molecule has 0 radical (unpaired) electrons. The maximum absolute atomic E-state index is 15.1. The number of rotatable bonds is 7. The minimum atomic E-state index is -1.18. The molecule has 0 spiro atoms. The third kappa shape index (κ3) is 6.99. The second-order valence-electron chi connectivity index (χ2n) is 11.5. The van der Waals surface area contributed by atoms with Gasteiger partial charge < -0.3 is 23.7 Å². The lowest BCUT2D eigenvalue weighted by Gasteiger charge is -2.31. The summed E-state index contributed by atoms with van der Waals surface area (Å²) in [6.45, 7) is 14.3. The van der Waals surface area contributed by atoms with E-state index >= 15 is 4.39 Å². The van der Waals surface area contributed by atoms with Crippen molar-refractivity contribution < 1.29 is 23.4 Å². The molecule has 0 saturated heterocycles. The Kier molecular flexibility index (Phi) is 8.15. The highest BCUT2D eigenvalue weighted by Gasteiger charge is 2.27. The minimum Gasteiger partial charge on any atom is -0.444 e. The van der Waals surface area contributed by atoms with Gasteiger partial charge in [-0.3, -0.25) is 0 Å². The predicted molar refractivity (Wildman–Crippen MR) is 151 cm³/mol. The molecule has 0 saturated carbocycles. The standard InChI is InChI=1S/C26H34FIN4O4Si/c1-26(2,3)36-25(33)31-8-7-17-11-19(27)21(12-18(17)13-31)35-24-22-20(28)14-32(23(22)29-15-30-24)16-34-9-10-37(4,5)6/h11-12,14-15H,7-10,13,16H2,1-6H3. The first-order valence-electron chi connectivity index (χ1n) is 12.3. The number of aromatic nitrogens is 3. The Balaban J connectivity index is 1.54. The van der Waals surface area contributed by atoms with Gasteiger partial charge in [0.2, 0.25) is 5.88 Å². The summed E-state index contributed by atoms with van der Waals surface area (Å²) in [5.74, 6) is -0.144. The van der Waals surface area contributed by atoms with Gasteiger partial charge in [-0.2, -0.15) is 0 Å². The van der Waals surface area contributed by atoms with Gasteiger partial charge in [0.1, 0.15) is 24.3 Å². The maximum Gasteiger partial charge on any atom is 0.410 e. The van der Waals surface area contributed by atoms with Crippen LogP contribution in [0, 0.1) is 9.39 Å². The lowest BCUT2D eigenvalue weighted by molar-refractivity contribution is 0.0223. The molecular weight excluding hydrogens is 606 g/mol. The highest BCUT2D eigenvalue weighted by Crippen LogP contribution is 2.35. The lowest BCUT2D eigenvalue weighted by Crippen LogP contribution is -2.39. The topological polar surface area (TPSA) is 78.7 Å². The van der Waals surface area contributed by atoms with Crippen LogP contribution in [0.2, 0.25) is 25.7 Å². The van der Waals surface area contributed by atoms with Crippen molar-refractivity contribution in [2.75, 3.05) is 13.2 Å². The zero-order valence-corrected chi connectivity index (χ0v) is 25.4. The van der Waals surface area contributed by atoms with Crippen LogP contribution in [0.4, 0.5) is 9.18 Å². The van der Waals surface area contributed by atoms with Crippen molar-refractivity contribution in [3.05, 3.63) is 45.2 Å². The highest BCUT2D eigenvalue weighted by molar-refractivity contribution is 14.1. The van der Waals surface area contributed by atoms with Crippen LogP contribution in [0.1, 0.15) is 31.9 Å². The van der Waals surface area contributed by atoms with E-state index in [2.05, 4.69) is 52.2 Å². The number of hydrogen-bond acceptors (Lipinski definition) is 6. The second kappa shape index (κ2) is 10.9. The molecule has 0 atom stereocenters. The van der Waals surface area contributed by atoms with Gasteiger partial charge in [-0.1, -0.05) is 19.6 Å². The van der Waals surface area contributed by atoms with Gasteiger partial charge in [0, 0.05) is 37.5 Å². The molecule has 3 heterocycles. The van der Waals surface area contributed by atoms with Gasteiger partial charge >= 0.3 is 6.09 Å². The minimum absolute atomic E-state index is 0.0553. The Morgan fingerprint density at radius 2 is 1.95 bits per heavy atom. The third-order valence-corrected chi connectivity index (χ3v) is 8.45. The normalized spacial score (nSPS) is 14.1. The van der Waals surface area contributed by atoms with Crippen molar-refractivity contribution in [1.29, 1.82) is 0 Å². The zero-order valence-electron chi connectivity index (χ0n) is 22.2. The molecule has 4 rings (SSSR count). The van der Waals surface area contributed by atoms with Crippen LogP contribution in [-0.4, -0.2) is 52.4 Å². The van der Waals surface area contributed by atoms with Crippen LogP contribution in [0.5, 0.6) is 11.6 Å². The van der Waals surface area contributed by atoms with Crippen molar-refractivity contribution in [1.82, 2.24) is 19.4 Å². The maximum atomic E-state index is 15.1. The molecule has 200 valence electrons. The molecule has 0 N–H and O–H groups in total. The summed E-state index contributed by atoms with van der Waals surface area (Å²) in [6, 6.07) is 4.21. The summed E-state index contributed by atoms with van der Waals surface area (Å²) < 4.78 is 35.3. The van der Waals surface area contributed by atoms with Crippen LogP contribution in [0.15, 0.2) is 24.7 Å². The van der Waals surface area contributed by atoms with E-state index in [1.165, 1.54) is 12.4 Å². The molecule has 1 aliphatic heterocycles. The summed E-state index contributed by atoms with van der Waals surface area (Å²) in [6.07, 6.45) is 3.50. The largest absolute Gasteiger partial charge is 0.444 e. The number of hydrogen-bond donors (Lipinski definition) is 0. The van der Waals surface area contributed by atoms with Gasteiger partial charge in [-0.05, 0) is 79.1 Å². The molecule has 1 aliphatic rings. The molecule has 1 aromatic carbocycles. The van der Waals surface area contributed by atoms with Gasteiger partial charge in [-0.25, -0.2) is 19.2 Å². The average Bonchev–Trinajstić information content (AvgIpc) is 3.11. The molecule has 0 fully saturated rings.